The third-order valence-corrected chi connectivity index (χ3v) is 3.14. The predicted molar refractivity (Wildman–Crippen MR) is 89.4 cm³/mol. The molecule has 1 rings (SSSR count). The van der Waals surface area contributed by atoms with Crippen LogP contribution in [0.15, 0.2) is 36.0 Å². The lowest BCUT2D eigenvalue weighted by Gasteiger charge is -2.16. The summed E-state index contributed by atoms with van der Waals surface area (Å²) in [4.78, 5) is 33.2. The maximum atomic E-state index is 12.0. The van der Waals surface area contributed by atoms with E-state index in [2.05, 4.69) is 10.6 Å². The minimum absolute atomic E-state index is 0.0501. The summed E-state index contributed by atoms with van der Waals surface area (Å²) in [6.45, 7) is 3.64. The van der Waals surface area contributed by atoms with Crippen molar-refractivity contribution in [2.45, 2.75) is 26.3 Å². The second-order valence-electron chi connectivity index (χ2n) is 5.61. The zero-order chi connectivity index (χ0) is 19.0. The number of nitro benzene ring substituents is 1. The van der Waals surface area contributed by atoms with Crippen LogP contribution in [0.25, 0.3) is 0 Å². The van der Waals surface area contributed by atoms with Gasteiger partial charge in [0.15, 0.2) is 0 Å². The summed E-state index contributed by atoms with van der Waals surface area (Å²) in [5, 5.41) is 33.7. The third-order valence-electron chi connectivity index (χ3n) is 3.14. The van der Waals surface area contributed by atoms with Crippen LogP contribution in [-0.4, -0.2) is 27.9 Å². The molecule has 0 spiro atoms. The van der Waals surface area contributed by atoms with Crippen LogP contribution in [0.3, 0.4) is 0 Å². The molecule has 1 unspecified atom stereocenters. The van der Waals surface area contributed by atoms with E-state index < -0.39 is 22.8 Å². The fourth-order valence-electron chi connectivity index (χ4n) is 1.91. The number of carbonyl (C=O) groups is 2. The molecule has 0 heterocycles. The molecule has 3 N–H and O–H groups in total. The number of carboxylic acids is 1. The summed E-state index contributed by atoms with van der Waals surface area (Å²) in [5.41, 5.74) is 0.0299. The van der Waals surface area contributed by atoms with Gasteiger partial charge in [0.05, 0.1) is 4.92 Å². The zero-order valence-corrected chi connectivity index (χ0v) is 13.7. The maximum absolute atomic E-state index is 12.0. The van der Waals surface area contributed by atoms with Gasteiger partial charge in [-0.3, -0.25) is 14.9 Å². The fraction of sp³-hybridized carbons (Fsp3) is 0.312. The highest BCUT2D eigenvalue weighted by Gasteiger charge is 2.22. The lowest BCUT2D eigenvalue weighted by molar-refractivity contribution is -0.384. The molecule has 1 amide bonds. The van der Waals surface area contributed by atoms with Crippen molar-refractivity contribution in [2.75, 3.05) is 5.32 Å². The number of hydrogen-bond donors (Lipinski definition) is 3. The van der Waals surface area contributed by atoms with Crippen molar-refractivity contribution in [3.8, 4) is 6.07 Å². The Morgan fingerprint density at radius 1 is 1.36 bits per heavy atom. The highest BCUT2D eigenvalue weighted by molar-refractivity contribution is 5.99. The van der Waals surface area contributed by atoms with Gasteiger partial charge in [-0.25, -0.2) is 4.79 Å². The molecule has 9 nitrogen and oxygen atoms in total. The summed E-state index contributed by atoms with van der Waals surface area (Å²) < 4.78 is 0. The first-order chi connectivity index (χ1) is 11.7. The van der Waals surface area contributed by atoms with Gasteiger partial charge in [0, 0.05) is 24.0 Å². The monoisotopic (exact) mass is 346 g/mol. The molecule has 1 aromatic carbocycles. The number of benzene rings is 1. The van der Waals surface area contributed by atoms with Gasteiger partial charge in [0.2, 0.25) is 0 Å². The molecule has 1 aromatic rings. The predicted octanol–water partition coefficient (Wildman–Crippen LogP) is 2.03. The molecule has 1 atom stereocenters. The lowest BCUT2D eigenvalue weighted by Crippen LogP contribution is -2.42. The van der Waals surface area contributed by atoms with Crippen LogP contribution in [-0.2, 0) is 9.59 Å². The minimum Gasteiger partial charge on any atom is -0.480 e. The first kappa shape index (κ1) is 19.6. The Bertz CT molecular complexity index is 719. The molecule has 0 radical (unpaired) electrons. The SMILES string of the molecule is CC(C)CC(NC(=O)/C(C#N)=C\Nc1ccc([N+](=O)[O-])cc1)C(=O)O. The minimum atomic E-state index is -1.18. The average Bonchev–Trinajstić information content (AvgIpc) is 2.54. The lowest BCUT2D eigenvalue weighted by atomic mass is 10.0. The van der Waals surface area contributed by atoms with E-state index in [-0.39, 0.29) is 23.6 Å². The molecule has 25 heavy (non-hydrogen) atoms. The number of non-ortho nitro benzene ring substituents is 1. The summed E-state index contributed by atoms with van der Waals surface area (Å²) in [6.07, 6.45) is 1.35. The normalized spacial score (nSPS) is 12.2. The Kier molecular flexibility index (Phi) is 7.09. The molecule has 0 aliphatic carbocycles. The van der Waals surface area contributed by atoms with E-state index in [1.54, 1.807) is 6.07 Å². The van der Waals surface area contributed by atoms with Crippen LogP contribution >= 0.6 is 0 Å². The van der Waals surface area contributed by atoms with Crippen LogP contribution in [0.2, 0.25) is 0 Å². The van der Waals surface area contributed by atoms with E-state index in [9.17, 15) is 19.7 Å². The Labute approximate surface area is 144 Å². The number of hydrogen-bond acceptors (Lipinski definition) is 6. The number of nitriles is 1. The van der Waals surface area contributed by atoms with Gasteiger partial charge in [-0.1, -0.05) is 13.8 Å². The number of carbonyl (C=O) groups excluding carboxylic acids is 1. The number of nitrogens with one attached hydrogen (secondary N) is 2. The largest absolute Gasteiger partial charge is 0.480 e. The highest BCUT2D eigenvalue weighted by Crippen LogP contribution is 2.15. The van der Waals surface area contributed by atoms with E-state index in [1.165, 1.54) is 24.3 Å². The van der Waals surface area contributed by atoms with Crippen molar-refractivity contribution < 1.29 is 19.6 Å². The van der Waals surface area contributed by atoms with Crippen molar-refractivity contribution in [1.29, 1.82) is 5.26 Å². The molecule has 0 aliphatic rings. The second-order valence-corrected chi connectivity index (χ2v) is 5.61. The molecular weight excluding hydrogens is 328 g/mol. The van der Waals surface area contributed by atoms with Gasteiger partial charge in [0.25, 0.3) is 11.6 Å². The molecule has 132 valence electrons. The number of nitro groups is 1. The summed E-state index contributed by atoms with van der Waals surface area (Å²) in [5.74, 6) is -1.94. The average molecular weight is 346 g/mol. The number of anilines is 1. The summed E-state index contributed by atoms with van der Waals surface area (Å²) in [7, 11) is 0. The molecule has 9 heteroatoms. The van der Waals surface area contributed by atoms with Crippen molar-refractivity contribution in [3.05, 3.63) is 46.2 Å². The van der Waals surface area contributed by atoms with Gasteiger partial charge < -0.3 is 15.7 Å². The molecule has 0 fully saturated rings. The molecule has 0 aromatic heterocycles. The Balaban J connectivity index is 2.80. The smallest absolute Gasteiger partial charge is 0.326 e. The second kappa shape index (κ2) is 9.02. The highest BCUT2D eigenvalue weighted by atomic mass is 16.6. The molecule has 0 aliphatic heterocycles. The van der Waals surface area contributed by atoms with Crippen molar-refractivity contribution in [3.63, 3.8) is 0 Å². The number of nitrogens with zero attached hydrogens (tertiary/aromatic N) is 2. The van der Waals surface area contributed by atoms with Gasteiger partial charge in [0.1, 0.15) is 17.7 Å². The summed E-state index contributed by atoms with van der Waals surface area (Å²) in [6, 6.07) is 5.96. The van der Waals surface area contributed by atoms with Crippen LogP contribution in [0.5, 0.6) is 0 Å². The van der Waals surface area contributed by atoms with E-state index in [4.69, 9.17) is 10.4 Å². The van der Waals surface area contributed by atoms with Crippen molar-refractivity contribution in [2.24, 2.45) is 5.92 Å². The van der Waals surface area contributed by atoms with Gasteiger partial charge >= 0.3 is 5.97 Å². The molecule has 0 saturated carbocycles. The van der Waals surface area contributed by atoms with Crippen LogP contribution in [0, 0.1) is 27.4 Å². The Morgan fingerprint density at radius 2 is 1.96 bits per heavy atom. The number of amides is 1. The van der Waals surface area contributed by atoms with E-state index in [1.807, 2.05) is 13.8 Å². The molecule has 0 bridgehead atoms. The zero-order valence-electron chi connectivity index (χ0n) is 13.7. The standard InChI is InChI=1S/C16H18N4O5/c1-10(2)7-14(16(22)23)19-15(21)11(8-17)9-18-12-3-5-13(6-4-12)20(24)25/h3-6,9-10,14,18H,7H2,1-2H3,(H,19,21)(H,22,23)/b11-9-. The fourth-order valence-corrected chi connectivity index (χ4v) is 1.91. The number of aliphatic carboxylic acids is 1. The molecule has 0 saturated heterocycles. The third kappa shape index (κ3) is 6.31. The van der Waals surface area contributed by atoms with Crippen LogP contribution in [0.1, 0.15) is 20.3 Å². The number of carboxylic acid groups (broad SMARTS) is 1. The van der Waals surface area contributed by atoms with Gasteiger partial charge in [-0.15, -0.1) is 0 Å². The van der Waals surface area contributed by atoms with E-state index in [0.29, 0.717) is 5.69 Å². The van der Waals surface area contributed by atoms with Gasteiger partial charge in [-0.05, 0) is 24.5 Å². The van der Waals surface area contributed by atoms with Crippen LogP contribution < -0.4 is 10.6 Å². The Hall–Kier alpha value is -3.41. The first-order valence-corrected chi connectivity index (χ1v) is 7.39. The quantitative estimate of drug-likeness (QED) is 0.282. The van der Waals surface area contributed by atoms with Crippen LogP contribution in [0.4, 0.5) is 11.4 Å². The molecular formula is C16H18N4O5. The van der Waals surface area contributed by atoms with Crippen molar-refractivity contribution in [1.82, 2.24) is 5.32 Å². The number of rotatable bonds is 8. The first-order valence-electron chi connectivity index (χ1n) is 7.39. The Morgan fingerprint density at radius 3 is 2.40 bits per heavy atom. The van der Waals surface area contributed by atoms with E-state index in [0.717, 1.165) is 6.20 Å². The van der Waals surface area contributed by atoms with Gasteiger partial charge in [-0.2, -0.15) is 5.26 Å². The van der Waals surface area contributed by atoms with Crippen molar-refractivity contribution >= 4 is 23.3 Å². The van der Waals surface area contributed by atoms with E-state index >= 15 is 0 Å². The summed E-state index contributed by atoms with van der Waals surface area (Å²) >= 11 is 0. The maximum Gasteiger partial charge on any atom is 0.326 e. The topological polar surface area (TPSA) is 145 Å².